The van der Waals surface area contributed by atoms with Crippen molar-refractivity contribution in [2.75, 3.05) is 49.9 Å². The van der Waals surface area contributed by atoms with Crippen LogP contribution in [0.4, 0.5) is 23.5 Å². The van der Waals surface area contributed by atoms with Crippen molar-refractivity contribution >= 4 is 23.5 Å². The van der Waals surface area contributed by atoms with Crippen molar-refractivity contribution in [3.8, 4) is 5.75 Å². The Morgan fingerprint density at radius 2 is 1.17 bits per heavy atom. The van der Waals surface area contributed by atoms with Gasteiger partial charge < -0.3 is 19.8 Å². The number of aromatic hydroxyl groups is 1. The van der Waals surface area contributed by atoms with Crippen molar-refractivity contribution < 1.29 is 5.11 Å². The van der Waals surface area contributed by atoms with E-state index in [9.17, 15) is 5.11 Å². The van der Waals surface area contributed by atoms with E-state index in [1.807, 2.05) is 71.0 Å². The number of anilines is 4. The van der Waals surface area contributed by atoms with E-state index in [-0.39, 0.29) is 5.75 Å². The Hall–Kier alpha value is -2.57. The van der Waals surface area contributed by atoms with Gasteiger partial charge in [-0.05, 0) is 12.1 Å². The first-order valence-electron chi connectivity index (χ1n) is 7.52. The van der Waals surface area contributed by atoms with Crippen LogP contribution < -0.4 is 14.7 Å². The minimum Gasteiger partial charge on any atom is -0.506 e. The molecule has 0 aliphatic heterocycles. The molecule has 1 aromatic carbocycles. The van der Waals surface area contributed by atoms with Crippen LogP contribution in [-0.4, -0.2) is 55.3 Å². The van der Waals surface area contributed by atoms with Gasteiger partial charge >= 0.3 is 0 Å². The Morgan fingerprint density at radius 3 is 1.61 bits per heavy atom. The molecule has 0 saturated carbocycles. The molecular weight excluding hydrogens is 292 g/mol. The second kappa shape index (κ2) is 8.17. The van der Waals surface area contributed by atoms with Crippen molar-refractivity contribution in [2.24, 2.45) is 0 Å². The van der Waals surface area contributed by atoms with Crippen LogP contribution in [0, 0.1) is 0 Å². The Morgan fingerprint density at radius 1 is 0.739 bits per heavy atom. The fraction of sp³-hybridized carbons (Fsp3) is 0.438. The maximum Gasteiger partial charge on any atom is 0.236 e. The third kappa shape index (κ3) is 4.45. The maximum absolute atomic E-state index is 9.97. The average molecular weight is 318 g/mol. The SMILES string of the molecule is CC.CN(C)c1nc(N(C)C)nc(N(C)c2ccccc2O)n1. The van der Waals surface area contributed by atoms with Crippen LogP contribution in [0.5, 0.6) is 5.75 Å². The number of hydrogen-bond donors (Lipinski definition) is 1. The number of hydrogen-bond acceptors (Lipinski definition) is 7. The highest BCUT2D eigenvalue weighted by Crippen LogP contribution is 2.30. The van der Waals surface area contributed by atoms with Crippen LogP contribution >= 0.6 is 0 Å². The Labute approximate surface area is 138 Å². The van der Waals surface area contributed by atoms with Gasteiger partial charge in [0.15, 0.2) is 0 Å². The lowest BCUT2D eigenvalue weighted by Gasteiger charge is -2.22. The number of phenols is 1. The first-order valence-corrected chi connectivity index (χ1v) is 7.52. The fourth-order valence-corrected chi connectivity index (χ4v) is 1.75. The lowest BCUT2D eigenvalue weighted by atomic mass is 10.3. The standard InChI is InChI=1S/C14H20N6O.C2H6/c1-18(2)12-15-13(19(3)4)17-14(16-12)20(5)10-8-6-7-9-11(10)21;1-2/h6-9,21H,1-5H3;1-2H3. The zero-order chi connectivity index (χ0) is 17.6. The summed E-state index contributed by atoms with van der Waals surface area (Å²) in [5.41, 5.74) is 0.637. The number of para-hydroxylation sites is 2. The minimum atomic E-state index is 0.179. The molecule has 2 rings (SSSR count). The summed E-state index contributed by atoms with van der Waals surface area (Å²) in [7, 11) is 9.30. The topological polar surface area (TPSA) is 68.6 Å². The number of benzene rings is 1. The lowest BCUT2D eigenvalue weighted by molar-refractivity contribution is 0.476. The van der Waals surface area contributed by atoms with Crippen molar-refractivity contribution in [1.29, 1.82) is 0 Å². The zero-order valence-corrected chi connectivity index (χ0v) is 14.9. The molecule has 0 atom stereocenters. The molecule has 1 N–H and O–H groups in total. The smallest absolute Gasteiger partial charge is 0.236 e. The van der Waals surface area contributed by atoms with E-state index in [1.54, 1.807) is 17.0 Å². The van der Waals surface area contributed by atoms with E-state index in [4.69, 9.17) is 0 Å². The van der Waals surface area contributed by atoms with Gasteiger partial charge in [0.25, 0.3) is 0 Å². The molecule has 1 aromatic heterocycles. The number of rotatable bonds is 4. The van der Waals surface area contributed by atoms with Gasteiger partial charge in [0.2, 0.25) is 17.8 Å². The molecule has 0 aliphatic carbocycles. The van der Waals surface area contributed by atoms with Crippen LogP contribution in [0.3, 0.4) is 0 Å². The van der Waals surface area contributed by atoms with E-state index >= 15 is 0 Å². The predicted octanol–water partition coefficient (Wildman–Crippen LogP) is 2.50. The summed E-state index contributed by atoms with van der Waals surface area (Å²) in [6, 6.07) is 7.07. The normalized spacial score (nSPS) is 9.70. The van der Waals surface area contributed by atoms with E-state index in [0.717, 1.165) is 0 Å². The van der Waals surface area contributed by atoms with Gasteiger partial charge in [0, 0.05) is 35.2 Å². The molecule has 23 heavy (non-hydrogen) atoms. The Kier molecular flexibility index (Phi) is 6.56. The number of aromatic nitrogens is 3. The van der Waals surface area contributed by atoms with Crippen LogP contribution in [0.15, 0.2) is 24.3 Å². The van der Waals surface area contributed by atoms with Gasteiger partial charge in [0.1, 0.15) is 5.75 Å². The van der Waals surface area contributed by atoms with E-state index < -0.39 is 0 Å². The van der Waals surface area contributed by atoms with Crippen molar-refractivity contribution in [3.05, 3.63) is 24.3 Å². The van der Waals surface area contributed by atoms with Gasteiger partial charge in [-0.1, -0.05) is 26.0 Å². The van der Waals surface area contributed by atoms with Gasteiger partial charge in [-0.25, -0.2) is 0 Å². The molecule has 7 heteroatoms. The summed E-state index contributed by atoms with van der Waals surface area (Å²) in [6.07, 6.45) is 0. The van der Waals surface area contributed by atoms with E-state index in [0.29, 0.717) is 23.5 Å². The Bertz CT molecular complexity index is 603. The molecule has 0 unspecified atom stereocenters. The molecule has 0 saturated heterocycles. The van der Waals surface area contributed by atoms with E-state index in [1.165, 1.54) is 0 Å². The van der Waals surface area contributed by atoms with Crippen LogP contribution in [0.2, 0.25) is 0 Å². The maximum atomic E-state index is 9.97. The number of nitrogens with zero attached hydrogens (tertiary/aromatic N) is 6. The van der Waals surface area contributed by atoms with Gasteiger partial charge in [-0.15, -0.1) is 0 Å². The second-order valence-electron chi connectivity index (χ2n) is 5.07. The molecule has 0 fully saturated rings. The summed E-state index contributed by atoms with van der Waals surface area (Å²) in [5, 5.41) is 9.97. The monoisotopic (exact) mass is 318 g/mol. The molecule has 7 nitrogen and oxygen atoms in total. The summed E-state index contributed by atoms with van der Waals surface area (Å²) in [5.74, 6) is 1.77. The first-order chi connectivity index (χ1) is 10.9. The molecule has 0 bridgehead atoms. The molecule has 2 aromatic rings. The zero-order valence-electron chi connectivity index (χ0n) is 14.9. The summed E-state index contributed by atoms with van der Waals surface area (Å²) in [4.78, 5) is 18.6. The van der Waals surface area contributed by atoms with Crippen molar-refractivity contribution in [3.63, 3.8) is 0 Å². The summed E-state index contributed by atoms with van der Waals surface area (Å²) in [6.45, 7) is 4.00. The molecule has 1 heterocycles. The summed E-state index contributed by atoms with van der Waals surface area (Å²) >= 11 is 0. The van der Waals surface area contributed by atoms with Gasteiger partial charge in [-0.2, -0.15) is 15.0 Å². The van der Waals surface area contributed by atoms with E-state index in [2.05, 4.69) is 15.0 Å². The molecule has 0 amide bonds. The summed E-state index contributed by atoms with van der Waals surface area (Å²) < 4.78 is 0. The van der Waals surface area contributed by atoms with Crippen molar-refractivity contribution in [2.45, 2.75) is 13.8 Å². The highest BCUT2D eigenvalue weighted by molar-refractivity contribution is 5.65. The molecular formula is C16H26N6O. The predicted molar refractivity (Wildman–Crippen MR) is 96.0 cm³/mol. The fourth-order valence-electron chi connectivity index (χ4n) is 1.75. The third-order valence-electron chi connectivity index (χ3n) is 2.94. The third-order valence-corrected chi connectivity index (χ3v) is 2.94. The molecule has 0 radical (unpaired) electrons. The number of phenolic OH excluding ortho intramolecular Hbond substituents is 1. The Balaban J connectivity index is 0.00000127. The van der Waals surface area contributed by atoms with Crippen LogP contribution in [0.25, 0.3) is 0 Å². The average Bonchev–Trinajstić information content (AvgIpc) is 2.56. The first kappa shape index (κ1) is 18.5. The molecule has 126 valence electrons. The highest BCUT2D eigenvalue weighted by Gasteiger charge is 2.15. The highest BCUT2D eigenvalue weighted by atomic mass is 16.3. The minimum absolute atomic E-state index is 0.179. The molecule has 0 aliphatic rings. The van der Waals surface area contributed by atoms with Gasteiger partial charge in [0.05, 0.1) is 5.69 Å². The van der Waals surface area contributed by atoms with Crippen LogP contribution in [-0.2, 0) is 0 Å². The van der Waals surface area contributed by atoms with Gasteiger partial charge in [-0.3, -0.25) is 0 Å². The lowest BCUT2D eigenvalue weighted by Crippen LogP contribution is -2.22. The quantitative estimate of drug-likeness (QED) is 0.929. The van der Waals surface area contributed by atoms with Crippen molar-refractivity contribution in [1.82, 2.24) is 15.0 Å². The largest absolute Gasteiger partial charge is 0.506 e. The second-order valence-corrected chi connectivity index (χ2v) is 5.07. The molecule has 0 spiro atoms. The van der Waals surface area contributed by atoms with Crippen LogP contribution in [0.1, 0.15) is 13.8 Å².